The van der Waals surface area contributed by atoms with Gasteiger partial charge >= 0.3 is 0 Å². The summed E-state index contributed by atoms with van der Waals surface area (Å²) < 4.78 is 13.9. The fraction of sp³-hybridized carbons (Fsp3) is 0.529. The maximum Gasteiger partial charge on any atom is 0.227 e. The second-order valence-electron chi connectivity index (χ2n) is 6.48. The van der Waals surface area contributed by atoms with Gasteiger partial charge in [-0.1, -0.05) is 25.1 Å². The van der Waals surface area contributed by atoms with Crippen LogP contribution in [0, 0.1) is 5.92 Å². The summed E-state index contributed by atoms with van der Waals surface area (Å²) in [4.78, 5) is 14.6. The molecule has 1 amide bonds. The van der Waals surface area contributed by atoms with E-state index in [0.29, 0.717) is 19.6 Å². The number of rotatable bonds is 3. The molecule has 0 N–H and O–H groups in total. The van der Waals surface area contributed by atoms with E-state index in [1.54, 1.807) is 0 Å². The number of hydrogen-bond acceptors (Lipinski definition) is 3. The molecule has 3 rings (SSSR count). The smallest absolute Gasteiger partial charge is 0.227 e. The minimum Gasteiger partial charge on any atom is -0.340 e. The molecule has 1 aliphatic heterocycles. The summed E-state index contributed by atoms with van der Waals surface area (Å²) in [6.07, 6.45) is 1.83. The van der Waals surface area contributed by atoms with E-state index >= 15 is 0 Å². The molecule has 23 heavy (non-hydrogen) atoms. The normalized spacial score (nSPS) is 26.4. The van der Waals surface area contributed by atoms with E-state index in [2.05, 4.69) is 5.10 Å². The summed E-state index contributed by atoms with van der Waals surface area (Å²) in [5, 5.41) is 5.57. The van der Waals surface area contributed by atoms with Gasteiger partial charge in [-0.15, -0.1) is 0 Å². The van der Waals surface area contributed by atoms with Gasteiger partial charge in [-0.2, -0.15) is 5.10 Å². The lowest BCUT2D eigenvalue weighted by Gasteiger charge is -2.35. The van der Waals surface area contributed by atoms with Crippen LogP contribution < -0.4 is 0 Å². The Balaban J connectivity index is 1.71. The van der Waals surface area contributed by atoms with Crippen molar-refractivity contribution in [2.45, 2.75) is 37.8 Å². The highest BCUT2D eigenvalue weighted by molar-refractivity contribution is 7.86. The van der Waals surface area contributed by atoms with E-state index in [9.17, 15) is 9.00 Å². The number of para-hydroxylation sites is 1. The quantitative estimate of drug-likeness (QED) is 0.864. The molecule has 1 aromatic heterocycles. The van der Waals surface area contributed by atoms with Crippen LogP contribution in [0.5, 0.6) is 0 Å². The minimum atomic E-state index is -0.842. The van der Waals surface area contributed by atoms with Gasteiger partial charge in [0.2, 0.25) is 5.91 Å². The van der Waals surface area contributed by atoms with Crippen molar-refractivity contribution in [3.63, 3.8) is 0 Å². The Hall–Kier alpha value is -1.69. The van der Waals surface area contributed by atoms with Crippen LogP contribution in [-0.2, 0) is 22.1 Å². The molecule has 6 heteroatoms. The van der Waals surface area contributed by atoms with Gasteiger partial charge in [0, 0.05) is 39.8 Å². The highest BCUT2D eigenvalue weighted by atomic mass is 32.2. The van der Waals surface area contributed by atoms with Crippen LogP contribution >= 0.6 is 0 Å². The van der Waals surface area contributed by atoms with Gasteiger partial charge in [0.15, 0.2) is 0 Å². The lowest BCUT2D eigenvalue weighted by molar-refractivity contribution is -0.135. The van der Waals surface area contributed by atoms with Crippen molar-refractivity contribution in [1.29, 1.82) is 0 Å². The number of benzene rings is 1. The van der Waals surface area contributed by atoms with Crippen molar-refractivity contribution < 1.29 is 9.00 Å². The molecule has 2 aromatic rings. The molecule has 4 atom stereocenters. The molecule has 0 bridgehead atoms. The first-order chi connectivity index (χ1) is 11.0. The fourth-order valence-electron chi connectivity index (χ4n) is 3.24. The molecule has 2 heterocycles. The number of nitrogens with zero attached hydrogens (tertiary/aromatic N) is 3. The zero-order chi connectivity index (χ0) is 16.6. The Bertz CT molecular complexity index is 728. The topological polar surface area (TPSA) is 55.2 Å². The van der Waals surface area contributed by atoms with E-state index < -0.39 is 10.8 Å². The number of amides is 1. The van der Waals surface area contributed by atoms with E-state index in [0.717, 1.165) is 10.9 Å². The van der Waals surface area contributed by atoms with Gasteiger partial charge in [0.05, 0.1) is 24.2 Å². The summed E-state index contributed by atoms with van der Waals surface area (Å²) >= 11 is 0. The number of hydrogen-bond donors (Lipinski definition) is 0. The molecule has 1 aliphatic rings. The SMILES string of the molecule is C[C@H](Cn1ncc2ccccc21)C(=O)N1C[C@@H](C)S(=O)[C@@H](C)C1. The maximum atomic E-state index is 12.7. The number of aromatic nitrogens is 2. The average molecular weight is 333 g/mol. The van der Waals surface area contributed by atoms with Gasteiger partial charge in [-0.05, 0) is 19.9 Å². The maximum absolute atomic E-state index is 12.7. The highest BCUT2D eigenvalue weighted by Gasteiger charge is 2.33. The van der Waals surface area contributed by atoms with Crippen LogP contribution in [-0.4, -0.2) is 48.4 Å². The van der Waals surface area contributed by atoms with Gasteiger partial charge in [0.1, 0.15) is 0 Å². The standard InChI is InChI=1S/C17H23N3O2S/c1-12(9-20-16-7-5-4-6-15(16)8-18-20)17(21)19-10-13(2)23(22)14(3)11-19/h4-8,12-14H,9-11H2,1-3H3/t12-,13-,14+,23?/m1/s1. The van der Waals surface area contributed by atoms with Crippen LogP contribution in [0.25, 0.3) is 10.9 Å². The summed E-state index contributed by atoms with van der Waals surface area (Å²) in [6, 6.07) is 8.01. The average Bonchev–Trinajstić information content (AvgIpc) is 2.94. The molecule has 0 spiro atoms. The van der Waals surface area contributed by atoms with Crippen molar-refractivity contribution in [2.75, 3.05) is 13.1 Å². The van der Waals surface area contributed by atoms with Crippen LogP contribution in [0.15, 0.2) is 30.5 Å². The summed E-state index contributed by atoms with van der Waals surface area (Å²) in [6.45, 7) is 7.59. The van der Waals surface area contributed by atoms with Gasteiger partial charge < -0.3 is 4.90 Å². The van der Waals surface area contributed by atoms with E-state index in [-0.39, 0.29) is 22.3 Å². The number of fused-ring (bicyclic) bond motifs is 1. The van der Waals surface area contributed by atoms with Crippen molar-refractivity contribution in [2.24, 2.45) is 5.92 Å². The largest absolute Gasteiger partial charge is 0.340 e. The molecule has 1 aromatic carbocycles. The highest BCUT2D eigenvalue weighted by Crippen LogP contribution is 2.19. The van der Waals surface area contributed by atoms with Crippen molar-refractivity contribution in [3.05, 3.63) is 30.5 Å². The lowest BCUT2D eigenvalue weighted by Crippen LogP contribution is -2.51. The fourth-order valence-corrected chi connectivity index (χ4v) is 4.69. The third-order valence-corrected chi connectivity index (χ3v) is 6.36. The van der Waals surface area contributed by atoms with Crippen LogP contribution in [0.1, 0.15) is 20.8 Å². The van der Waals surface area contributed by atoms with Crippen molar-refractivity contribution in [1.82, 2.24) is 14.7 Å². The van der Waals surface area contributed by atoms with Crippen LogP contribution in [0.4, 0.5) is 0 Å². The third-order valence-electron chi connectivity index (χ3n) is 4.48. The molecule has 0 aliphatic carbocycles. The van der Waals surface area contributed by atoms with Crippen LogP contribution in [0.2, 0.25) is 0 Å². The first-order valence-corrected chi connectivity index (χ1v) is 9.33. The monoisotopic (exact) mass is 333 g/mol. The Morgan fingerprint density at radius 2 is 1.96 bits per heavy atom. The Morgan fingerprint density at radius 1 is 1.30 bits per heavy atom. The van der Waals surface area contributed by atoms with Gasteiger partial charge in [0.25, 0.3) is 0 Å². The number of carbonyl (C=O) groups excluding carboxylic acids is 1. The summed E-state index contributed by atoms with van der Waals surface area (Å²) in [5.41, 5.74) is 1.05. The molecule has 0 saturated carbocycles. The second kappa shape index (κ2) is 6.43. The minimum absolute atomic E-state index is 0.0421. The lowest BCUT2D eigenvalue weighted by atomic mass is 10.1. The first-order valence-electron chi connectivity index (χ1n) is 8.06. The van der Waals surface area contributed by atoms with E-state index in [1.807, 2.05) is 60.8 Å². The molecular weight excluding hydrogens is 310 g/mol. The molecule has 5 nitrogen and oxygen atoms in total. The molecule has 1 saturated heterocycles. The summed E-state index contributed by atoms with van der Waals surface area (Å²) in [5.74, 6) is -0.0239. The predicted octanol–water partition coefficient (Wildman–Crippen LogP) is 2.04. The Labute approximate surface area is 139 Å². The van der Waals surface area contributed by atoms with E-state index in [4.69, 9.17) is 0 Å². The summed E-state index contributed by atoms with van der Waals surface area (Å²) in [7, 11) is -0.842. The zero-order valence-corrected chi connectivity index (χ0v) is 14.6. The molecule has 1 unspecified atom stereocenters. The predicted molar refractivity (Wildman–Crippen MR) is 92.5 cm³/mol. The first kappa shape index (κ1) is 16.2. The van der Waals surface area contributed by atoms with E-state index in [1.165, 1.54) is 0 Å². The van der Waals surface area contributed by atoms with Crippen molar-refractivity contribution >= 4 is 27.6 Å². The second-order valence-corrected chi connectivity index (χ2v) is 8.75. The molecule has 0 radical (unpaired) electrons. The van der Waals surface area contributed by atoms with Gasteiger partial charge in [-0.25, -0.2) is 0 Å². The Kier molecular flexibility index (Phi) is 4.53. The third kappa shape index (κ3) is 3.17. The molecular formula is C17H23N3O2S. The number of carbonyl (C=O) groups is 1. The van der Waals surface area contributed by atoms with Crippen LogP contribution in [0.3, 0.4) is 0 Å². The molecule has 1 fully saturated rings. The van der Waals surface area contributed by atoms with Crippen molar-refractivity contribution in [3.8, 4) is 0 Å². The molecule has 124 valence electrons. The Morgan fingerprint density at radius 3 is 2.65 bits per heavy atom. The van der Waals surface area contributed by atoms with Gasteiger partial charge in [-0.3, -0.25) is 13.7 Å². The zero-order valence-electron chi connectivity index (χ0n) is 13.8.